The van der Waals surface area contributed by atoms with Crippen LogP contribution in [-0.4, -0.2) is 52.0 Å². The van der Waals surface area contributed by atoms with Gasteiger partial charge in [0.05, 0.1) is 25.6 Å². The highest BCUT2D eigenvalue weighted by Gasteiger charge is 2.25. The fourth-order valence-electron chi connectivity index (χ4n) is 3.74. The first kappa shape index (κ1) is 19.2. The number of rotatable bonds is 6. The van der Waals surface area contributed by atoms with Crippen LogP contribution in [0.15, 0.2) is 47.4 Å². The molecule has 0 amide bonds. The molecule has 3 heterocycles. The van der Waals surface area contributed by atoms with Crippen LogP contribution in [0, 0.1) is 0 Å². The summed E-state index contributed by atoms with van der Waals surface area (Å²) in [7, 11) is 3.27. The van der Waals surface area contributed by atoms with Crippen LogP contribution in [0.3, 0.4) is 0 Å². The van der Waals surface area contributed by atoms with Crippen molar-refractivity contribution in [2.24, 2.45) is 0 Å². The summed E-state index contributed by atoms with van der Waals surface area (Å²) >= 11 is 0. The van der Waals surface area contributed by atoms with Crippen LogP contribution in [-0.2, 0) is 6.54 Å². The molecule has 1 aliphatic rings. The molecule has 152 valence electrons. The third kappa shape index (κ3) is 4.32. The van der Waals surface area contributed by atoms with Crippen molar-refractivity contribution >= 4 is 0 Å². The number of nitrogens with one attached hydrogen (secondary N) is 1. The summed E-state index contributed by atoms with van der Waals surface area (Å²) in [5.74, 6) is 2.47. The molecule has 1 N–H and O–H groups in total. The molecule has 1 unspecified atom stereocenters. The molecular weight excluding hydrogens is 370 g/mol. The second-order valence-electron chi connectivity index (χ2n) is 7.19. The van der Waals surface area contributed by atoms with Gasteiger partial charge in [0.2, 0.25) is 0 Å². The van der Waals surface area contributed by atoms with Gasteiger partial charge in [-0.25, -0.2) is 4.79 Å². The van der Waals surface area contributed by atoms with E-state index in [4.69, 9.17) is 9.47 Å². The van der Waals surface area contributed by atoms with Gasteiger partial charge in [-0.05, 0) is 49.7 Å². The molecule has 4 rings (SSSR count). The molecule has 0 radical (unpaired) electrons. The van der Waals surface area contributed by atoms with Gasteiger partial charge >= 0.3 is 5.69 Å². The van der Waals surface area contributed by atoms with Gasteiger partial charge in [0, 0.05) is 31.3 Å². The summed E-state index contributed by atoms with van der Waals surface area (Å²) in [5, 5.41) is 4.57. The van der Waals surface area contributed by atoms with Crippen LogP contribution in [0.25, 0.3) is 5.69 Å². The summed E-state index contributed by atoms with van der Waals surface area (Å²) < 4.78 is 11.9. The Hall–Kier alpha value is -3.13. The van der Waals surface area contributed by atoms with Crippen LogP contribution >= 0.6 is 0 Å². The summed E-state index contributed by atoms with van der Waals surface area (Å²) in [6, 6.07) is 11.1. The average molecular weight is 395 g/mol. The predicted molar refractivity (Wildman–Crippen MR) is 109 cm³/mol. The number of likely N-dealkylation sites (tertiary alicyclic amines) is 1. The van der Waals surface area contributed by atoms with Crippen LogP contribution in [0.1, 0.15) is 30.3 Å². The second-order valence-corrected chi connectivity index (χ2v) is 7.19. The Morgan fingerprint density at radius 3 is 2.69 bits per heavy atom. The third-order valence-corrected chi connectivity index (χ3v) is 5.25. The minimum atomic E-state index is -0.225. The highest BCUT2D eigenvalue weighted by atomic mass is 16.5. The summed E-state index contributed by atoms with van der Waals surface area (Å²) in [6.07, 6.45) is 3.81. The highest BCUT2D eigenvalue weighted by molar-refractivity contribution is 5.36. The van der Waals surface area contributed by atoms with Crippen LogP contribution in [0.2, 0.25) is 0 Å². The van der Waals surface area contributed by atoms with E-state index in [0.29, 0.717) is 5.69 Å². The zero-order valence-electron chi connectivity index (χ0n) is 16.7. The van der Waals surface area contributed by atoms with E-state index in [1.807, 2.05) is 36.4 Å². The monoisotopic (exact) mass is 395 g/mol. The smallest absolute Gasteiger partial charge is 0.348 e. The van der Waals surface area contributed by atoms with E-state index in [2.05, 4.69) is 20.0 Å². The Morgan fingerprint density at radius 2 is 1.93 bits per heavy atom. The van der Waals surface area contributed by atoms with Crippen molar-refractivity contribution in [3.8, 4) is 17.2 Å². The Labute approximate surface area is 169 Å². The van der Waals surface area contributed by atoms with Crippen molar-refractivity contribution in [2.45, 2.75) is 25.3 Å². The number of hydrogen-bond acceptors (Lipinski definition) is 6. The van der Waals surface area contributed by atoms with E-state index >= 15 is 0 Å². The van der Waals surface area contributed by atoms with Crippen molar-refractivity contribution in [3.63, 3.8) is 0 Å². The predicted octanol–water partition coefficient (Wildman–Crippen LogP) is 2.35. The first-order valence-corrected chi connectivity index (χ1v) is 9.71. The molecule has 0 spiro atoms. The molecule has 1 fully saturated rings. The van der Waals surface area contributed by atoms with E-state index in [0.717, 1.165) is 55.5 Å². The number of aromatic amines is 1. The van der Waals surface area contributed by atoms with Gasteiger partial charge in [0.25, 0.3) is 0 Å². The van der Waals surface area contributed by atoms with Gasteiger partial charge in [-0.15, -0.1) is 5.10 Å². The van der Waals surface area contributed by atoms with Crippen LogP contribution in [0.4, 0.5) is 0 Å². The molecule has 1 atom stereocenters. The highest BCUT2D eigenvalue weighted by Crippen LogP contribution is 2.25. The van der Waals surface area contributed by atoms with Crippen molar-refractivity contribution in [1.29, 1.82) is 0 Å². The molecule has 0 aliphatic carbocycles. The molecule has 0 saturated carbocycles. The maximum absolute atomic E-state index is 12.5. The van der Waals surface area contributed by atoms with E-state index in [1.165, 1.54) is 4.68 Å². The SMILES string of the molecule is COc1ccc(-n2nc(C3CCCN(Cc4cc(OC)ccn4)C3)[nH]c2=O)cc1. The topological polar surface area (TPSA) is 85.3 Å². The van der Waals surface area contributed by atoms with Crippen molar-refractivity contribution in [3.05, 3.63) is 64.6 Å². The Kier molecular flexibility index (Phi) is 5.62. The molecule has 3 aromatic rings. The van der Waals surface area contributed by atoms with Gasteiger partial charge in [-0.2, -0.15) is 4.68 Å². The van der Waals surface area contributed by atoms with E-state index < -0.39 is 0 Å². The number of hydrogen-bond donors (Lipinski definition) is 1. The largest absolute Gasteiger partial charge is 0.497 e. The van der Waals surface area contributed by atoms with Crippen LogP contribution < -0.4 is 15.2 Å². The number of pyridine rings is 1. The fourth-order valence-corrected chi connectivity index (χ4v) is 3.74. The maximum atomic E-state index is 12.5. The molecule has 0 bridgehead atoms. The number of H-pyrrole nitrogens is 1. The first-order valence-electron chi connectivity index (χ1n) is 9.71. The third-order valence-electron chi connectivity index (χ3n) is 5.25. The number of benzene rings is 1. The molecule has 8 heteroatoms. The lowest BCUT2D eigenvalue weighted by Gasteiger charge is -2.31. The second kappa shape index (κ2) is 8.48. The molecule has 1 aliphatic heterocycles. The number of aromatic nitrogens is 4. The van der Waals surface area contributed by atoms with Crippen molar-refractivity contribution < 1.29 is 9.47 Å². The van der Waals surface area contributed by atoms with Gasteiger partial charge in [-0.3, -0.25) is 14.9 Å². The molecule has 2 aromatic heterocycles. The Balaban J connectivity index is 1.48. The zero-order valence-corrected chi connectivity index (χ0v) is 16.7. The lowest BCUT2D eigenvalue weighted by molar-refractivity contribution is 0.194. The molecular formula is C21H25N5O3. The summed E-state index contributed by atoms with van der Waals surface area (Å²) in [6.45, 7) is 2.57. The van der Waals surface area contributed by atoms with Crippen molar-refractivity contribution in [2.75, 3.05) is 27.3 Å². The Morgan fingerprint density at radius 1 is 1.14 bits per heavy atom. The summed E-state index contributed by atoms with van der Waals surface area (Å²) in [4.78, 5) is 22.2. The van der Waals surface area contributed by atoms with Gasteiger partial charge in [-0.1, -0.05) is 0 Å². The van der Waals surface area contributed by atoms with E-state index in [-0.39, 0.29) is 11.6 Å². The van der Waals surface area contributed by atoms with E-state index in [9.17, 15) is 4.79 Å². The molecule has 1 aromatic carbocycles. The van der Waals surface area contributed by atoms with Crippen LogP contribution in [0.5, 0.6) is 11.5 Å². The fraction of sp³-hybridized carbons (Fsp3) is 0.381. The quantitative estimate of drug-likeness (QED) is 0.690. The standard InChI is InChI=1S/C21H25N5O3/c1-28-18-7-5-17(6-8-18)26-21(27)23-20(24-26)15-4-3-11-25(13-15)14-16-12-19(29-2)9-10-22-16/h5-10,12,15H,3-4,11,13-14H2,1-2H3,(H,23,24,27). The Bertz CT molecular complexity index is 1010. The lowest BCUT2D eigenvalue weighted by Crippen LogP contribution is -2.34. The molecule has 29 heavy (non-hydrogen) atoms. The number of ether oxygens (including phenoxy) is 2. The number of piperidine rings is 1. The lowest BCUT2D eigenvalue weighted by atomic mass is 9.97. The summed E-state index contributed by atoms with van der Waals surface area (Å²) in [5.41, 5.74) is 1.46. The number of nitrogens with zero attached hydrogens (tertiary/aromatic N) is 4. The molecule has 1 saturated heterocycles. The average Bonchev–Trinajstić information content (AvgIpc) is 3.16. The van der Waals surface area contributed by atoms with Crippen molar-refractivity contribution in [1.82, 2.24) is 24.6 Å². The number of methoxy groups -OCH3 is 2. The first-order chi connectivity index (χ1) is 14.2. The maximum Gasteiger partial charge on any atom is 0.348 e. The zero-order chi connectivity index (χ0) is 20.2. The minimum Gasteiger partial charge on any atom is -0.497 e. The molecule has 8 nitrogen and oxygen atoms in total. The van der Waals surface area contributed by atoms with E-state index in [1.54, 1.807) is 20.4 Å². The van der Waals surface area contributed by atoms with Gasteiger partial charge in [0.15, 0.2) is 0 Å². The van der Waals surface area contributed by atoms with Gasteiger partial charge < -0.3 is 9.47 Å². The normalized spacial score (nSPS) is 17.2. The minimum absolute atomic E-state index is 0.182. The van der Waals surface area contributed by atoms with Gasteiger partial charge in [0.1, 0.15) is 17.3 Å².